The Kier molecular flexibility index (Phi) is 5.38. The van der Waals surface area contributed by atoms with Crippen molar-refractivity contribution in [2.75, 3.05) is 7.05 Å². The molecule has 0 heterocycles. The van der Waals surface area contributed by atoms with Crippen LogP contribution in [0.3, 0.4) is 0 Å². The highest BCUT2D eigenvalue weighted by atomic mass is 19.1. The molecule has 116 valence electrons. The number of hydrogen-bond donors (Lipinski definition) is 0. The maximum Gasteiger partial charge on any atom is 0.253 e. The Labute approximate surface area is 127 Å². The summed E-state index contributed by atoms with van der Waals surface area (Å²) in [4.78, 5) is 14.3. The van der Waals surface area contributed by atoms with E-state index in [1.807, 2.05) is 20.9 Å². The van der Waals surface area contributed by atoms with Gasteiger partial charge in [0.15, 0.2) is 0 Å². The molecular formula is C18H26FNO. The molecule has 1 fully saturated rings. The lowest BCUT2D eigenvalue weighted by Crippen LogP contribution is -2.38. The SMILES string of the molecule is CCC(C)c1ccc(C(=O)N(C)C2CCCCC2)cc1F. The molecule has 1 aromatic rings. The maximum absolute atomic E-state index is 14.2. The van der Waals surface area contributed by atoms with Crippen molar-refractivity contribution in [3.05, 3.63) is 35.1 Å². The Morgan fingerprint density at radius 3 is 2.57 bits per heavy atom. The van der Waals surface area contributed by atoms with E-state index in [0.29, 0.717) is 17.2 Å². The van der Waals surface area contributed by atoms with Crippen LogP contribution in [-0.4, -0.2) is 23.9 Å². The van der Waals surface area contributed by atoms with Crippen molar-refractivity contribution in [2.24, 2.45) is 0 Å². The third-order valence-corrected chi connectivity index (χ3v) is 4.83. The Morgan fingerprint density at radius 1 is 1.33 bits per heavy atom. The molecule has 2 nitrogen and oxygen atoms in total. The Morgan fingerprint density at radius 2 is 2.00 bits per heavy atom. The molecule has 0 radical (unpaired) electrons. The summed E-state index contributed by atoms with van der Waals surface area (Å²) < 4.78 is 14.2. The van der Waals surface area contributed by atoms with Gasteiger partial charge in [0, 0.05) is 18.7 Å². The second-order valence-electron chi connectivity index (χ2n) is 6.25. The van der Waals surface area contributed by atoms with Crippen LogP contribution in [0.5, 0.6) is 0 Å². The van der Waals surface area contributed by atoms with Crippen molar-refractivity contribution in [2.45, 2.75) is 64.3 Å². The van der Waals surface area contributed by atoms with Gasteiger partial charge < -0.3 is 4.90 Å². The van der Waals surface area contributed by atoms with Crippen molar-refractivity contribution in [1.29, 1.82) is 0 Å². The van der Waals surface area contributed by atoms with Crippen molar-refractivity contribution < 1.29 is 9.18 Å². The van der Waals surface area contributed by atoms with E-state index >= 15 is 0 Å². The van der Waals surface area contributed by atoms with Crippen molar-refractivity contribution >= 4 is 5.91 Å². The van der Waals surface area contributed by atoms with Gasteiger partial charge in [-0.25, -0.2) is 4.39 Å². The number of amides is 1. The summed E-state index contributed by atoms with van der Waals surface area (Å²) in [5.74, 6) is -0.131. The van der Waals surface area contributed by atoms with E-state index in [-0.39, 0.29) is 17.6 Å². The molecule has 1 amide bonds. The first-order valence-electron chi connectivity index (χ1n) is 8.11. The van der Waals surface area contributed by atoms with Gasteiger partial charge in [-0.05, 0) is 42.9 Å². The highest BCUT2D eigenvalue weighted by molar-refractivity contribution is 5.94. The molecule has 21 heavy (non-hydrogen) atoms. The molecular weight excluding hydrogens is 265 g/mol. The topological polar surface area (TPSA) is 20.3 Å². The molecule has 0 saturated heterocycles. The van der Waals surface area contributed by atoms with Gasteiger partial charge in [-0.1, -0.05) is 39.2 Å². The largest absolute Gasteiger partial charge is 0.339 e. The Balaban J connectivity index is 2.13. The third-order valence-electron chi connectivity index (χ3n) is 4.83. The van der Waals surface area contributed by atoms with E-state index < -0.39 is 0 Å². The molecule has 0 aromatic heterocycles. The van der Waals surface area contributed by atoms with Crippen molar-refractivity contribution in [1.82, 2.24) is 4.90 Å². The zero-order valence-corrected chi connectivity index (χ0v) is 13.4. The van der Waals surface area contributed by atoms with E-state index in [2.05, 4.69) is 0 Å². The fourth-order valence-corrected chi connectivity index (χ4v) is 3.12. The second kappa shape index (κ2) is 7.06. The minimum absolute atomic E-state index is 0.0588. The van der Waals surface area contributed by atoms with Gasteiger partial charge in [-0.15, -0.1) is 0 Å². The summed E-state index contributed by atoms with van der Waals surface area (Å²) in [5.41, 5.74) is 1.17. The summed E-state index contributed by atoms with van der Waals surface area (Å²) >= 11 is 0. The Hall–Kier alpha value is -1.38. The van der Waals surface area contributed by atoms with Crippen LogP contribution in [-0.2, 0) is 0 Å². The van der Waals surface area contributed by atoms with Gasteiger partial charge in [-0.3, -0.25) is 4.79 Å². The normalized spacial score (nSPS) is 17.5. The summed E-state index contributed by atoms with van der Waals surface area (Å²) in [6, 6.07) is 5.25. The first kappa shape index (κ1) is 16.0. The summed E-state index contributed by atoms with van der Waals surface area (Å²) in [5, 5.41) is 0. The average Bonchev–Trinajstić information content (AvgIpc) is 2.53. The molecule has 3 heteroatoms. The predicted octanol–water partition coefficient (Wildman–Crippen LogP) is 4.74. The zero-order valence-electron chi connectivity index (χ0n) is 13.4. The van der Waals surface area contributed by atoms with Crippen LogP contribution in [0.15, 0.2) is 18.2 Å². The molecule has 1 aliphatic rings. The Bertz CT molecular complexity index is 494. The third kappa shape index (κ3) is 3.63. The lowest BCUT2D eigenvalue weighted by atomic mass is 9.93. The molecule has 1 aromatic carbocycles. The van der Waals surface area contributed by atoms with E-state index in [0.717, 1.165) is 19.3 Å². The summed E-state index contributed by atoms with van der Waals surface area (Å²) in [7, 11) is 1.85. The van der Waals surface area contributed by atoms with E-state index in [9.17, 15) is 9.18 Å². The minimum atomic E-state index is -0.257. The monoisotopic (exact) mass is 291 g/mol. The van der Waals surface area contributed by atoms with Gasteiger partial charge >= 0.3 is 0 Å². The van der Waals surface area contributed by atoms with Crippen LogP contribution >= 0.6 is 0 Å². The molecule has 1 aliphatic carbocycles. The average molecular weight is 291 g/mol. The van der Waals surface area contributed by atoms with E-state index in [4.69, 9.17) is 0 Å². The number of carbonyl (C=O) groups excluding carboxylic acids is 1. The van der Waals surface area contributed by atoms with Gasteiger partial charge in [0.05, 0.1) is 0 Å². The van der Waals surface area contributed by atoms with Gasteiger partial charge in [0.2, 0.25) is 0 Å². The summed E-state index contributed by atoms with van der Waals surface area (Å²) in [6.45, 7) is 4.05. The first-order chi connectivity index (χ1) is 10.0. The highest BCUT2D eigenvalue weighted by Gasteiger charge is 2.23. The fraction of sp³-hybridized carbons (Fsp3) is 0.611. The highest BCUT2D eigenvalue weighted by Crippen LogP contribution is 2.25. The second-order valence-corrected chi connectivity index (χ2v) is 6.25. The molecule has 0 bridgehead atoms. The van der Waals surface area contributed by atoms with Crippen molar-refractivity contribution in [3.63, 3.8) is 0 Å². The van der Waals surface area contributed by atoms with Gasteiger partial charge in [0.1, 0.15) is 5.82 Å². The maximum atomic E-state index is 14.2. The van der Waals surface area contributed by atoms with Crippen LogP contribution in [0.25, 0.3) is 0 Å². The first-order valence-corrected chi connectivity index (χ1v) is 8.11. The molecule has 0 N–H and O–H groups in total. The zero-order chi connectivity index (χ0) is 15.4. The number of rotatable bonds is 4. The lowest BCUT2D eigenvalue weighted by molar-refractivity contribution is 0.0695. The van der Waals surface area contributed by atoms with Gasteiger partial charge in [0.25, 0.3) is 5.91 Å². The molecule has 2 rings (SSSR count). The minimum Gasteiger partial charge on any atom is -0.339 e. The molecule has 1 saturated carbocycles. The summed E-state index contributed by atoms with van der Waals surface area (Å²) in [6.07, 6.45) is 6.65. The molecule has 0 spiro atoms. The number of benzene rings is 1. The van der Waals surface area contributed by atoms with Gasteiger partial charge in [-0.2, -0.15) is 0 Å². The lowest BCUT2D eigenvalue weighted by Gasteiger charge is -2.31. The standard InChI is InChI=1S/C18H26FNO/c1-4-13(2)16-11-10-14(12-17(16)19)18(21)20(3)15-8-6-5-7-9-15/h10-13,15H,4-9H2,1-3H3. The van der Waals surface area contributed by atoms with Crippen LogP contribution in [0, 0.1) is 5.82 Å². The van der Waals surface area contributed by atoms with Crippen LogP contribution in [0.1, 0.15) is 74.2 Å². The predicted molar refractivity (Wildman–Crippen MR) is 84.1 cm³/mol. The molecule has 0 aliphatic heterocycles. The van der Waals surface area contributed by atoms with E-state index in [1.54, 1.807) is 17.0 Å². The van der Waals surface area contributed by atoms with Crippen LogP contribution in [0.2, 0.25) is 0 Å². The number of hydrogen-bond acceptors (Lipinski definition) is 1. The van der Waals surface area contributed by atoms with E-state index in [1.165, 1.54) is 25.3 Å². The van der Waals surface area contributed by atoms with Crippen LogP contribution in [0.4, 0.5) is 4.39 Å². The quantitative estimate of drug-likeness (QED) is 0.784. The smallest absolute Gasteiger partial charge is 0.253 e. The number of carbonyl (C=O) groups is 1. The van der Waals surface area contributed by atoms with Crippen molar-refractivity contribution in [3.8, 4) is 0 Å². The molecule has 1 atom stereocenters. The fourth-order valence-electron chi connectivity index (χ4n) is 3.12. The molecule has 1 unspecified atom stereocenters. The number of halogens is 1. The van der Waals surface area contributed by atoms with Crippen LogP contribution < -0.4 is 0 Å². The number of nitrogens with zero attached hydrogens (tertiary/aromatic N) is 1.